The number of pyridine rings is 1. The van der Waals surface area contributed by atoms with E-state index in [9.17, 15) is 4.79 Å². The van der Waals surface area contributed by atoms with Crippen LogP contribution < -0.4 is 10.3 Å². The van der Waals surface area contributed by atoms with Crippen LogP contribution in [0.25, 0.3) is 5.69 Å². The number of anilines is 1. The summed E-state index contributed by atoms with van der Waals surface area (Å²) in [6, 6.07) is 15.6. The molecule has 2 aromatic heterocycles. The number of amides is 1. The van der Waals surface area contributed by atoms with Crippen LogP contribution in [0, 0.1) is 13.8 Å². The first-order valence-corrected chi connectivity index (χ1v) is 8.68. The van der Waals surface area contributed by atoms with Crippen molar-refractivity contribution >= 4 is 17.8 Å². The van der Waals surface area contributed by atoms with Gasteiger partial charge in [-0.3, -0.25) is 9.78 Å². The topological polar surface area (TPSA) is 62.5 Å². The molecular formula is C21H23N5O. The van der Waals surface area contributed by atoms with Crippen LogP contribution in [0.2, 0.25) is 0 Å². The summed E-state index contributed by atoms with van der Waals surface area (Å²) in [5.41, 5.74) is 8.20. The summed E-state index contributed by atoms with van der Waals surface area (Å²) in [5, 5.41) is 4.08. The van der Waals surface area contributed by atoms with Crippen molar-refractivity contribution in [2.45, 2.75) is 13.8 Å². The van der Waals surface area contributed by atoms with E-state index in [2.05, 4.69) is 56.2 Å². The van der Waals surface area contributed by atoms with E-state index in [0.717, 1.165) is 28.3 Å². The van der Waals surface area contributed by atoms with Gasteiger partial charge in [0.15, 0.2) is 0 Å². The predicted molar refractivity (Wildman–Crippen MR) is 109 cm³/mol. The molecule has 0 unspecified atom stereocenters. The molecule has 1 amide bonds. The fraction of sp³-hybridized carbons (Fsp3) is 0.190. The van der Waals surface area contributed by atoms with Crippen LogP contribution >= 0.6 is 0 Å². The average molecular weight is 361 g/mol. The SMILES string of the molecule is Cc1cc(/C=N\NC(=O)c2ccccn2)c(C)n1-c1ccc(N(C)C)cc1. The molecule has 0 saturated heterocycles. The number of carbonyl (C=O) groups is 1. The van der Waals surface area contributed by atoms with Gasteiger partial charge in [0.25, 0.3) is 5.91 Å². The molecule has 2 heterocycles. The van der Waals surface area contributed by atoms with E-state index in [-0.39, 0.29) is 5.91 Å². The van der Waals surface area contributed by atoms with Gasteiger partial charge in [0.05, 0.1) is 6.21 Å². The first kappa shape index (κ1) is 18.4. The third-order valence-electron chi connectivity index (χ3n) is 4.36. The molecule has 0 atom stereocenters. The molecule has 0 aliphatic carbocycles. The summed E-state index contributed by atoms with van der Waals surface area (Å²) in [4.78, 5) is 18.1. The smallest absolute Gasteiger partial charge is 0.289 e. The van der Waals surface area contributed by atoms with E-state index < -0.39 is 0 Å². The summed E-state index contributed by atoms with van der Waals surface area (Å²) in [7, 11) is 4.05. The van der Waals surface area contributed by atoms with Gasteiger partial charge in [0, 0.05) is 48.6 Å². The number of nitrogens with one attached hydrogen (secondary N) is 1. The van der Waals surface area contributed by atoms with Gasteiger partial charge < -0.3 is 9.47 Å². The van der Waals surface area contributed by atoms with Crippen molar-refractivity contribution in [2.75, 3.05) is 19.0 Å². The Bertz CT molecular complexity index is 956. The van der Waals surface area contributed by atoms with Gasteiger partial charge in [-0.25, -0.2) is 5.43 Å². The monoisotopic (exact) mass is 361 g/mol. The number of hydrogen-bond acceptors (Lipinski definition) is 4. The lowest BCUT2D eigenvalue weighted by Gasteiger charge is -2.14. The Hall–Kier alpha value is -3.41. The van der Waals surface area contributed by atoms with Crippen molar-refractivity contribution < 1.29 is 4.79 Å². The average Bonchev–Trinajstić information content (AvgIpc) is 2.96. The third kappa shape index (κ3) is 4.06. The quantitative estimate of drug-likeness (QED) is 0.560. The largest absolute Gasteiger partial charge is 0.378 e. The number of nitrogens with zero attached hydrogens (tertiary/aromatic N) is 4. The molecule has 3 rings (SSSR count). The van der Waals surface area contributed by atoms with Crippen molar-refractivity contribution in [2.24, 2.45) is 5.10 Å². The first-order chi connectivity index (χ1) is 13.0. The molecule has 27 heavy (non-hydrogen) atoms. The van der Waals surface area contributed by atoms with Gasteiger partial charge in [-0.1, -0.05) is 6.07 Å². The Morgan fingerprint density at radius 3 is 2.52 bits per heavy atom. The van der Waals surface area contributed by atoms with Crippen LogP contribution in [0.4, 0.5) is 5.69 Å². The zero-order chi connectivity index (χ0) is 19.4. The third-order valence-corrected chi connectivity index (χ3v) is 4.36. The molecule has 0 aliphatic rings. The van der Waals surface area contributed by atoms with Gasteiger partial charge >= 0.3 is 0 Å². The van der Waals surface area contributed by atoms with Crippen molar-refractivity contribution in [1.29, 1.82) is 0 Å². The second-order valence-electron chi connectivity index (χ2n) is 6.49. The highest BCUT2D eigenvalue weighted by Gasteiger charge is 2.10. The number of benzene rings is 1. The Morgan fingerprint density at radius 2 is 1.89 bits per heavy atom. The second-order valence-corrected chi connectivity index (χ2v) is 6.49. The van der Waals surface area contributed by atoms with Gasteiger partial charge in [0.2, 0.25) is 0 Å². The molecule has 0 spiro atoms. The maximum Gasteiger partial charge on any atom is 0.289 e. The normalized spacial score (nSPS) is 11.0. The first-order valence-electron chi connectivity index (χ1n) is 8.68. The lowest BCUT2D eigenvalue weighted by atomic mass is 10.2. The van der Waals surface area contributed by atoms with Crippen LogP contribution in [-0.2, 0) is 0 Å². The standard InChI is InChI=1S/C21H23N5O/c1-15-13-17(14-23-24-21(27)20-7-5-6-12-22-20)16(2)26(15)19-10-8-18(9-11-19)25(3)4/h5-14H,1-4H3,(H,24,27)/b23-14-. The van der Waals surface area contributed by atoms with Crippen LogP contribution in [-0.4, -0.2) is 35.8 Å². The maximum absolute atomic E-state index is 12.0. The number of aryl methyl sites for hydroxylation is 1. The van der Waals surface area contributed by atoms with Crippen molar-refractivity contribution in [1.82, 2.24) is 15.0 Å². The van der Waals surface area contributed by atoms with E-state index in [1.165, 1.54) is 0 Å². The molecule has 3 aromatic rings. The van der Waals surface area contributed by atoms with Crippen LogP contribution in [0.15, 0.2) is 59.8 Å². The highest BCUT2D eigenvalue weighted by Crippen LogP contribution is 2.22. The van der Waals surface area contributed by atoms with E-state index in [1.54, 1.807) is 30.6 Å². The molecule has 0 bridgehead atoms. The number of carbonyl (C=O) groups excluding carboxylic acids is 1. The van der Waals surface area contributed by atoms with Gasteiger partial charge in [0.1, 0.15) is 5.69 Å². The fourth-order valence-corrected chi connectivity index (χ4v) is 2.93. The summed E-state index contributed by atoms with van der Waals surface area (Å²) in [5.74, 6) is -0.333. The summed E-state index contributed by atoms with van der Waals surface area (Å²) >= 11 is 0. The Kier molecular flexibility index (Phi) is 5.35. The second kappa shape index (κ2) is 7.86. The van der Waals surface area contributed by atoms with E-state index in [0.29, 0.717) is 5.69 Å². The number of rotatable bonds is 5. The molecule has 1 N–H and O–H groups in total. The van der Waals surface area contributed by atoms with E-state index in [4.69, 9.17) is 0 Å². The van der Waals surface area contributed by atoms with Crippen molar-refractivity contribution in [3.05, 3.63) is 77.4 Å². The lowest BCUT2D eigenvalue weighted by Crippen LogP contribution is -2.18. The van der Waals surface area contributed by atoms with Crippen LogP contribution in [0.5, 0.6) is 0 Å². The molecule has 138 valence electrons. The molecule has 6 nitrogen and oxygen atoms in total. The van der Waals surface area contributed by atoms with Crippen molar-refractivity contribution in [3.63, 3.8) is 0 Å². The highest BCUT2D eigenvalue weighted by atomic mass is 16.2. The number of hydrogen-bond donors (Lipinski definition) is 1. The van der Waals surface area contributed by atoms with Gasteiger partial charge in [-0.05, 0) is 56.3 Å². The number of hydrazone groups is 1. The van der Waals surface area contributed by atoms with Crippen LogP contribution in [0.1, 0.15) is 27.4 Å². The molecule has 0 fully saturated rings. The zero-order valence-corrected chi connectivity index (χ0v) is 16.0. The molecule has 0 saturated carbocycles. The summed E-state index contributed by atoms with van der Waals surface area (Å²) in [6.45, 7) is 4.09. The predicted octanol–water partition coefficient (Wildman–Crippen LogP) is 3.32. The fourth-order valence-electron chi connectivity index (χ4n) is 2.93. The van der Waals surface area contributed by atoms with Crippen LogP contribution in [0.3, 0.4) is 0 Å². The number of aromatic nitrogens is 2. The molecule has 1 aromatic carbocycles. The minimum Gasteiger partial charge on any atom is -0.378 e. The Balaban J connectivity index is 1.78. The molecule has 6 heteroatoms. The zero-order valence-electron chi connectivity index (χ0n) is 16.0. The summed E-state index contributed by atoms with van der Waals surface area (Å²) < 4.78 is 2.17. The minimum atomic E-state index is -0.333. The molecule has 0 aliphatic heterocycles. The Labute approximate surface area is 159 Å². The highest BCUT2D eigenvalue weighted by molar-refractivity contribution is 5.93. The van der Waals surface area contributed by atoms with Crippen molar-refractivity contribution in [3.8, 4) is 5.69 Å². The minimum absolute atomic E-state index is 0.333. The Morgan fingerprint density at radius 1 is 1.15 bits per heavy atom. The molecule has 0 radical (unpaired) electrons. The van der Waals surface area contributed by atoms with Gasteiger partial charge in [-0.2, -0.15) is 5.10 Å². The summed E-state index contributed by atoms with van der Waals surface area (Å²) in [6.07, 6.45) is 3.24. The lowest BCUT2D eigenvalue weighted by molar-refractivity contribution is 0.0950. The van der Waals surface area contributed by atoms with Gasteiger partial charge in [-0.15, -0.1) is 0 Å². The maximum atomic E-state index is 12.0. The van der Waals surface area contributed by atoms with E-state index in [1.807, 2.05) is 27.1 Å². The molecular weight excluding hydrogens is 338 g/mol. The van der Waals surface area contributed by atoms with E-state index >= 15 is 0 Å².